The van der Waals surface area contributed by atoms with Gasteiger partial charge in [0.2, 0.25) is 0 Å². The Kier molecular flexibility index (Phi) is 2.62. The Morgan fingerprint density at radius 2 is 1.32 bits per heavy atom. The summed E-state index contributed by atoms with van der Waals surface area (Å²) in [6, 6.07) is 17.0. The predicted octanol–water partition coefficient (Wildman–Crippen LogP) is 4.71. The molecule has 0 aromatic heterocycles. The summed E-state index contributed by atoms with van der Waals surface area (Å²) < 4.78 is 17.3. The van der Waals surface area contributed by atoms with Crippen LogP contribution in [0.3, 0.4) is 0 Å². The van der Waals surface area contributed by atoms with Gasteiger partial charge in [-0.05, 0) is 50.2 Å². The number of para-hydroxylation sites is 2. The van der Waals surface area contributed by atoms with E-state index < -0.39 is 7.92 Å². The summed E-state index contributed by atoms with van der Waals surface area (Å²) in [6.45, 7) is 2.20. The highest BCUT2D eigenvalue weighted by Gasteiger charge is 2.40. The van der Waals surface area contributed by atoms with Gasteiger partial charge >= 0.3 is 0 Å². The summed E-state index contributed by atoms with van der Waals surface area (Å²) in [7, 11) is -0.749. The predicted molar refractivity (Wildman–Crippen MR) is 99.4 cm³/mol. The SMILES string of the molecule is CCCc1ccc(P(c2cccc3c2O3)c2cccc3c2O3)c2c1O2. The van der Waals surface area contributed by atoms with Crippen molar-refractivity contribution < 1.29 is 14.2 Å². The number of benzene rings is 3. The molecular formula is C21H15O3P. The first kappa shape index (κ1) is 13.7. The fraction of sp³-hybridized carbons (Fsp3) is 0.143. The van der Waals surface area contributed by atoms with Crippen molar-refractivity contribution in [3.05, 3.63) is 54.1 Å². The summed E-state index contributed by atoms with van der Waals surface area (Å²) in [6.07, 6.45) is 2.19. The van der Waals surface area contributed by atoms with Crippen molar-refractivity contribution in [1.29, 1.82) is 0 Å². The number of rotatable bonds is 5. The van der Waals surface area contributed by atoms with E-state index in [0.29, 0.717) is 0 Å². The molecule has 0 unspecified atom stereocenters. The summed E-state index contributed by atoms with van der Waals surface area (Å²) >= 11 is 0. The number of ether oxygens (including phenoxy) is 3. The van der Waals surface area contributed by atoms with Crippen LogP contribution in [0, 0.1) is 0 Å². The van der Waals surface area contributed by atoms with Crippen LogP contribution >= 0.6 is 7.92 Å². The molecule has 0 saturated carbocycles. The first-order valence-corrected chi connectivity index (χ1v) is 9.95. The van der Waals surface area contributed by atoms with Crippen molar-refractivity contribution in [2.45, 2.75) is 19.8 Å². The van der Waals surface area contributed by atoms with E-state index in [0.717, 1.165) is 47.3 Å². The van der Waals surface area contributed by atoms with Gasteiger partial charge < -0.3 is 14.2 Å². The highest BCUT2D eigenvalue weighted by molar-refractivity contribution is 7.80. The lowest BCUT2D eigenvalue weighted by Gasteiger charge is -2.16. The summed E-state index contributed by atoms with van der Waals surface area (Å²) in [4.78, 5) is 0. The minimum Gasteiger partial charge on any atom is -0.449 e. The second-order valence-corrected chi connectivity index (χ2v) is 8.62. The summed E-state index contributed by atoms with van der Waals surface area (Å²) in [5, 5.41) is 3.76. The molecular weight excluding hydrogens is 331 g/mol. The van der Waals surface area contributed by atoms with E-state index in [4.69, 9.17) is 14.2 Å². The zero-order valence-corrected chi connectivity index (χ0v) is 14.6. The quantitative estimate of drug-likeness (QED) is 0.335. The topological polar surface area (TPSA) is 37.6 Å². The third-order valence-electron chi connectivity index (χ3n) is 4.83. The molecule has 0 aliphatic carbocycles. The maximum Gasteiger partial charge on any atom is 0.178 e. The Hall–Kier alpha value is -2.51. The van der Waals surface area contributed by atoms with Crippen LogP contribution in [0.25, 0.3) is 0 Å². The van der Waals surface area contributed by atoms with E-state index >= 15 is 0 Å². The average Bonchev–Trinajstić information content (AvgIpc) is 3.50. The normalized spacial score (nSPS) is 13.8. The van der Waals surface area contributed by atoms with E-state index in [-0.39, 0.29) is 0 Å². The van der Waals surface area contributed by atoms with Crippen LogP contribution in [0.4, 0.5) is 0 Å². The van der Waals surface area contributed by atoms with Crippen molar-refractivity contribution >= 4 is 23.8 Å². The third kappa shape index (κ3) is 2.03. The Labute approximate surface area is 146 Å². The smallest absolute Gasteiger partial charge is 0.178 e. The second kappa shape index (κ2) is 4.77. The van der Waals surface area contributed by atoms with Crippen molar-refractivity contribution in [3.63, 3.8) is 0 Å². The maximum atomic E-state index is 5.92. The molecule has 0 spiro atoms. The summed E-state index contributed by atoms with van der Waals surface area (Å²) in [5.74, 6) is 6.19. The fourth-order valence-corrected chi connectivity index (χ4v) is 6.06. The monoisotopic (exact) mass is 346 g/mol. The third-order valence-corrected chi connectivity index (χ3v) is 7.34. The van der Waals surface area contributed by atoms with E-state index in [1.807, 2.05) is 12.1 Å². The molecule has 0 radical (unpaired) electrons. The molecule has 3 aliphatic rings. The number of fused-ring (bicyclic) bond motifs is 3. The van der Waals surface area contributed by atoms with Gasteiger partial charge in [0.15, 0.2) is 34.5 Å². The Morgan fingerprint density at radius 1 is 0.680 bits per heavy atom. The van der Waals surface area contributed by atoms with Crippen LogP contribution in [0.15, 0.2) is 48.5 Å². The van der Waals surface area contributed by atoms with Gasteiger partial charge in [0.25, 0.3) is 0 Å². The fourth-order valence-electron chi connectivity index (χ4n) is 3.52. The number of hydrogen-bond donors (Lipinski definition) is 0. The Morgan fingerprint density at radius 3 is 1.96 bits per heavy atom. The maximum absolute atomic E-state index is 5.92. The largest absolute Gasteiger partial charge is 0.449 e. The highest BCUT2D eigenvalue weighted by Crippen LogP contribution is 2.59. The Bertz CT molecular complexity index is 1000. The lowest BCUT2D eigenvalue weighted by Crippen LogP contribution is -2.18. The van der Waals surface area contributed by atoms with Gasteiger partial charge in [-0.2, -0.15) is 0 Å². The van der Waals surface area contributed by atoms with Crippen molar-refractivity contribution in [2.24, 2.45) is 0 Å². The van der Waals surface area contributed by atoms with Gasteiger partial charge in [-0.15, -0.1) is 0 Å². The lowest BCUT2D eigenvalue weighted by molar-refractivity contribution is 0.644. The van der Waals surface area contributed by atoms with Crippen LogP contribution < -0.4 is 30.1 Å². The van der Waals surface area contributed by atoms with Crippen molar-refractivity contribution in [1.82, 2.24) is 0 Å². The van der Waals surface area contributed by atoms with Crippen molar-refractivity contribution in [2.75, 3.05) is 0 Å². The first-order chi connectivity index (χ1) is 12.3. The molecule has 6 rings (SSSR count). The molecule has 3 heterocycles. The average molecular weight is 346 g/mol. The van der Waals surface area contributed by atoms with Gasteiger partial charge in [0.1, 0.15) is 0 Å². The second-order valence-electron chi connectivity index (χ2n) is 6.50. The Balaban J connectivity index is 1.54. The van der Waals surface area contributed by atoms with Crippen LogP contribution in [0.1, 0.15) is 18.9 Å². The molecule has 0 amide bonds. The number of aryl methyl sites for hydroxylation is 1. The minimum absolute atomic E-state index is 0.749. The lowest BCUT2D eigenvalue weighted by atomic mass is 10.1. The zero-order valence-electron chi connectivity index (χ0n) is 13.7. The molecule has 3 aromatic carbocycles. The summed E-state index contributed by atoms with van der Waals surface area (Å²) in [5.41, 5.74) is 1.32. The molecule has 122 valence electrons. The van der Waals surface area contributed by atoms with E-state index in [1.165, 1.54) is 21.5 Å². The standard InChI is InChI=1S/C21H15O3P/c1-2-5-12-10-11-17(21-18(12)24-21)25(15-8-3-6-13-19(15)22-13)16-9-4-7-14-20(16)23-14/h3-4,6-11H,2,5H2,1H3. The molecule has 0 N–H and O–H groups in total. The number of hydrogen-bond acceptors (Lipinski definition) is 3. The van der Waals surface area contributed by atoms with Gasteiger partial charge in [0, 0.05) is 15.9 Å². The van der Waals surface area contributed by atoms with Crippen molar-refractivity contribution in [3.8, 4) is 34.5 Å². The molecule has 3 nitrogen and oxygen atoms in total. The van der Waals surface area contributed by atoms with Gasteiger partial charge in [-0.25, -0.2) is 0 Å². The molecule has 3 aliphatic heterocycles. The van der Waals surface area contributed by atoms with Gasteiger partial charge in [-0.1, -0.05) is 31.5 Å². The van der Waals surface area contributed by atoms with Crippen LogP contribution in [-0.2, 0) is 6.42 Å². The molecule has 25 heavy (non-hydrogen) atoms. The first-order valence-electron chi connectivity index (χ1n) is 8.60. The molecule has 0 fully saturated rings. The van der Waals surface area contributed by atoms with E-state index in [2.05, 4.69) is 43.3 Å². The van der Waals surface area contributed by atoms with Crippen LogP contribution in [0.5, 0.6) is 34.5 Å². The van der Waals surface area contributed by atoms with Gasteiger partial charge in [-0.3, -0.25) is 0 Å². The molecule has 0 atom stereocenters. The van der Waals surface area contributed by atoms with E-state index in [9.17, 15) is 0 Å². The van der Waals surface area contributed by atoms with Crippen LogP contribution in [0.2, 0.25) is 0 Å². The van der Waals surface area contributed by atoms with Gasteiger partial charge in [0.05, 0.1) is 0 Å². The highest BCUT2D eigenvalue weighted by atomic mass is 31.1. The van der Waals surface area contributed by atoms with E-state index in [1.54, 1.807) is 0 Å². The zero-order chi connectivity index (χ0) is 16.5. The van der Waals surface area contributed by atoms with Crippen LogP contribution in [-0.4, -0.2) is 0 Å². The minimum atomic E-state index is -0.749. The molecule has 3 aromatic rings. The molecule has 0 bridgehead atoms. The molecule has 4 heteroatoms. The molecule has 0 saturated heterocycles.